The van der Waals surface area contributed by atoms with E-state index in [2.05, 4.69) is 38.8 Å². The Morgan fingerprint density at radius 2 is 2.41 bits per heavy atom. The third-order valence-electron chi connectivity index (χ3n) is 3.36. The zero-order chi connectivity index (χ0) is 11.7. The van der Waals surface area contributed by atoms with Crippen molar-refractivity contribution in [3.63, 3.8) is 0 Å². The number of H-pyrrole nitrogens is 1. The molecule has 4 nitrogen and oxygen atoms in total. The first-order valence-corrected chi connectivity index (χ1v) is 6.22. The molecule has 1 atom stereocenters. The number of benzene rings is 1. The molecule has 0 aliphatic carbocycles. The van der Waals surface area contributed by atoms with Crippen LogP contribution in [-0.2, 0) is 0 Å². The van der Waals surface area contributed by atoms with Gasteiger partial charge in [0, 0.05) is 12.2 Å². The van der Waals surface area contributed by atoms with Gasteiger partial charge in [-0.2, -0.15) is 0 Å². The van der Waals surface area contributed by atoms with Gasteiger partial charge in [-0.15, -0.1) is 0 Å². The van der Waals surface area contributed by atoms with Crippen LogP contribution in [0.3, 0.4) is 0 Å². The van der Waals surface area contributed by atoms with Crippen molar-refractivity contribution in [2.24, 2.45) is 5.92 Å². The van der Waals surface area contributed by atoms with Crippen LogP contribution in [-0.4, -0.2) is 29.6 Å². The second kappa shape index (κ2) is 4.37. The lowest BCUT2D eigenvalue weighted by Gasteiger charge is -2.11. The van der Waals surface area contributed by atoms with E-state index >= 15 is 0 Å². The smallest absolute Gasteiger partial charge is 0.104 e. The van der Waals surface area contributed by atoms with Gasteiger partial charge >= 0.3 is 0 Å². The molecule has 0 spiro atoms. The number of imidazole rings is 1. The summed E-state index contributed by atoms with van der Waals surface area (Å²) in [7, 11) is 0. The Morgan fingerprint density at radius 1 is 1.47 bits per heavy atom. The number of fused-ring (bicyclic) bond motifs is 1. The molecule has 3 rings (SSSR count). The standard InChI is InChI=1S/C13H18N4/c1-9-16-12-3-2-11(6-13(12)17-9)15-8-10-4-5-14-7-10/h2-3,6,10,14-15H,4-5,7-8H2,1H3,(H,16,17). The molecule has 4 heteroatoms. The maximum atomic E-state index is 4.40. The topological polar surface area (TPSA) is 52.7 Å². The second-order valence-corrected chi connectivity index (χ2v) is 4.79. The molecular weight excluding hydrogens is 212 g/mol. The summed E-state index contributed by atoms with van der Waals surface area (Å²) in [4.78, 5) is 7.66. The van der Waals surface area contributed by atoms with E-state index in [1.54, 1.807) is 0 Å². The van der Waals surface area contributed by atoms with Crippen LogP contribution in [0.2, 0.25) is 0 Å². The van der Waals surface area contributed by atoms with Crippen molar-refractivity contribution in [2.45, 2.75) is 13.3 Å². The minimum absolute atomic E-state index is 0.759. The monoisotopic (exact) mass is 230 g/mol. The van der Waals surface area contributed by atoms with Crippen LogP contribution < -0.4 is 10.6 Å². The molecule has 1 aromatic carbocycles. The number of hydrogen-bond acceptors (Lipinski definition) is 3. The van der Waals surface area contributed by atoms with Crippen molar-refractivity contribution in [2.75, 3.05) is 25.0 Å². The lowest BCUT2D eigenvalue weighted by atomic mass is 10.1. The largest absolute Gasteiger partial charge is 0.385 e. The molecule has 1 aliphatic rings. The van der Waals surface area contributed by atoms with Crippen LogP contribution >= 0.6 is 0 Å². The number of anilines is 1. The van der Waals surface area contributed by atoms with Gasteiger partial charge in [0.1, 0.15) is 5.82 Å². The van der Waals surface area contributed by atoms with Gasteiger partial charge in [-0.1, -0.05) is 0 Å². The molecule has 0 saturated carbocycles. The van der Waals surface area contributed by atoms with Gasteiger partial charge in [0.15, 0.2) is 0 Å². The average molecular weight is 230 g/mol. The number of hydrogen-bond donors (Lipinski definition) is 3. The molecule has 0 amide bonds. The van der Waals surface area contributed by atoms with Gasteiger partial charge in [0.25, 0.3) is 0 Å². The highest BCUT2D eigenvalue weighted by atomic mass is 14.9. The average Bonchev–Trinajstić information content (AvgIpc) is 2.92. The summed E-state index contributed by atoms with van der Waals surface area (Å²) in [5, 5.41) is 6.89. The van der Waals surface area contributed by atoms with Crippen molar-refractivity contribution < 1.29 is 0 Å². The Kier molecular flexibility index (Phi) is 2.73. The van der Waals surface area contributed by atoms with E-state index in [1.807, 2.05) is 6.92 Å². The predicted octanol–water partition coefficient (Wildman–Crippen LogP) is 1.89. The molecule has 1 aliphatic heterocycles. The van der Waals surface area contributed by atoms with E-state index in [4.69, 9.17) is 0 Å². The lowest BCUT2D eigenvalue weighted by molar-refractivity contribution is 0.615. The Balaban J connectivity index is 1.71. The number of rotatable bonds is 3. The first-order valence-electron chi connectivity index (χ1n) is 6.22. The molecule has 3 N–H and O–H groups in total. The summed E-state index contributed by atoms with van der Waals surface area (Å²) in [6.07, 6.45) is 1.28. The molecule has 1 saturated heterocycles. The van der Waals surface area contributed by atoms with Crippen LogP contribution in [0.5, 0.6) is 0 Å². The summed E-state index contributed by atoms with van der Waals surface area (Å²) in [5.74, 6) is 1.73. The van der Waals surface area contributed by atoms with Gasteiger partial charge in [-0.3, -0.25) is 0 Å². The highest BCUT2D eigenvalue weighted by Crippen LogP contribution is 2.18. The highest BCUT2D eigenvalue weighted by molar-refractivity contribution is 5.79. The Morgan fingerprint density at radius 3 is 3.24 bits per heavy atom. The van der Waals surface area contributed by atoms with Crippen LogP contribution in [0.25, 0.3) is 11.0 Å². The van der Waals surface area contributed by atoms with E-state index in [-0.39, 0.29) is 0 Å². The summed E-state index contributed by atoms with van der Waals surface area (Å²) >= 11 is 0. The molecule has 1 unspecified atom stereocenters. The highest BCUT2D eigenvalue weighted by Gasteiger charge is 2.13. The number of nitrogens with zero attached hydrogens (tertiary/aromatic N) is 1. The quantitative estimate of drug-likeness (QED) is 0.754. The Bertz CT molecular complexity index is 511. The summed E-state index contributed by atoms with van der Waals surface area (Å²) in [6, 6.07) is 6.30. The Labute approximate surface area is 101 Å². The van der Waals surface area contributed by atoms with Gasteiger partial charge in [-0.25, -0.2) is 4.98 Å². The van der Waals surface area contributed by atoms with Crippen LogP contribution in [0, 0.1) is 12.8 Å². The molecule has 2 heterocycles. The first kappa shape index (κ1) is 10.6. The molecule has 0 radical (unpaired) electrons. The molecule has 1 fully saturated rings. The van der Waals surface area contributed by atoms with Crippen molar-refractivity contribution in [1.82, 2.24) is 15.3 Å². The van der Waals surface area contributed by atoms with Crippen molar-refractivity contribution in [1.29, 1.82) is 0 Å². The van der Waals surface area contributed by atoms with E-state index in [0.29, 0.717) is 0 Å². The van der Waals surface area contributed by atoms with E-state index in [9.17, 15) is 0 Å². The van der Waals surface area contributed by atoms with Gasteiger partial charge in [0.05, 0.1) is 11.0 Å². The summed E-state index contributed by atoms with van der Waals surface area (Å²) in [5.41, 5.74) is 3.32. The third kappa shape index (κ3) is 2.26. The number of aromatic nitrogens is 2. The fourth-order valence-electron chi connectivity index (χ4n) is 2.40. The summed E-state index contributed by atoms with van der Waals surface area (Å²) < 4.78 is 0. The number of aryl methyl sites for hydroxylation is 1. The predicted molar refractivity (Wildman–Crippen MR) is 70.3 cm³/mol. The molecule has 90 valence electrons. The zero-order valence-electron chi connectivity index (χ0n) is 10.1. The van der Waals surface area contributed by atoms with Crippen molar-refractivity contribution in [3.8, 4) is 0 Å². The Hall–Kier alpha value is -1.55. The van der Waals surface area contributed by atoms with Crippen LogP contribution in [0.4, 0.5) is 5.69 Å². The zero-order valence-corrected chi connectivity index (χ0v) is 10.1. The maximum absolute atomic E-state index is 4.40. The van der Waals surface area contributed by atoms with E-state index < -0.39 is 0 Å². The van der Waals surface area contributed by atoms with E-state index in [0.717, 1.165) is 42.4 Å². The van der Waals surface area contributed by atoms with Crippen molar-refractivity contribution in [3.05, 3.63) is 24.0 Å². The molecule has 2 aromatic rings. The minimum atomic E-state index is 0.759. The van der Waals surface area contributed by atoms with Crippen LogP contribution in [0.15, 0.2) is 18.2 Å². The number of aromatic amines is 1. The minimum Gasteiger partial charge on any atom is -0.385 e. The third-order valence-corrected chi connectivity index (χ3v) is 3.36. The maximum Gasteiger partial charge on any atom is 0.104 e. The fraction of sp³-hybridized carbons (Fsp3) is 0.462. The van der Waals surface area contributed by atoms with Gasteiger partial charge < -0.3 is 15.6 Å². The van der Waals surface area contributed by atoms with Crippen molar-refractivity contribution >= 4 is 16.7 Å². The van der Waals surface area contributed by atoms with Crippen LogP contribution in [0.1, 0.15) is 12.2 Å². The molecule has 1 aromatic heterocycles. The molecule has 17 heavy (non-hydrogen) atoms. The second-order valence-electron chi connectivity index (χ2n) is 4.79. The normalized spacial score (nSPS) is 19.9. The van der Waals surface area contributed by atoms with Gasteiger partial charge in [-0.05, 0) is 50.6 Å². The fourth-order valence-corrected chi connectivity index (χ4v) is 2.40. The van der Waals surface area contributed by atoms with E-state index in [1.165, 1.54) is 12.1 Å². The van der Waals surface area contributed by atoms with Gasteiger partial charge in [0.2, 0.25) is 0 Å². The summed E-state index contributed by atoms with van der Waals surface area (Å²) in [6.45, 7) is 5.33. The lowest BCUT2D eigenvalue weighted by Crippen LogP contribution is -2.17. The molecular formula is C13H18N4. The molecule has 0 bridgehead atoms. The SMILES string of the molecule is Cc1nc2ccc(NCC3CCNC3)cc2[nH]1. The first-order chi connectivity index (χ1) is 8.31. The number of nitrogens with one attached hydrogen (secondary N) is 3.